The van der Waals surface area contributed by atoms with E-state index in [1.54, 1.807) is 37.4 Å². The van der Waals surface area contributed by atoms with Crippen molar-refractivity contribution in [1.82, 2.24) is 10.3 Å². The van der Waals surface area contributed by atoms with Gasteiger partial charge in [0, 0.05) is 19.9 Å². The van der Waals surface area contributed by atoms with Crippen LogP contribution in [0.15, 0.2) is 42.6 Å². The zero-order valence-corrected chi connectivity index (χ0v) is 11.6. The summed E-state index contributed by atoms with van der Waals surface area (Å²) in [4.78, 5) is 16.2. The number of nitrogens with one attached hydrogen (secondary N) is 2. The number of hydrogen-bond acceptors (Lipinski definition) is 4. The van der Waals surface area contributed by atoms with E-state index in [9.17, 15) is 9.18 Å². The molecule has 0 bridgehead atoms. The van der Waals surface area contributed by atoms with Crippen molar-refractivity contribution >= 4 is 17.4 Å². The molecule has 110 valence electrons. The molecule has 0 atom stereocenters. The van der Waals surface area contributed by atoms with Gasteiger partial charge in [0.1, 0.15) is 11.6 Å². The van der Waals surface area contributed by atoms with Crippen LogP contribution in [0.2, 0.25) is 0 Å². The number of para-hydroxylation sites is 1. The first-order valence-electron chi connectivity index (χ1n) is 6.46. The molecule has 0 spiro atoms. The number of benzene rings is 1. The van der Waals surface area contributed by atoms with E-state index in [-0.39, 0.29) is 11.6 Å². The van der Waals surface area contributed by atoms with Gasteiger partial charge in [0.05, 0.1) is 17.9 Å². The number of amides is 1. The van der Waals surface area contributed by atoms with E-state index in [1.165, 1.54) is 12.3 Å². The van der Waals surface area contributed by atoms with Gasteiger partial charge in [0.2, 0.25) is 0 Å². The molecule has 0 radical (unpaired) electrons. The van der Waals surface area contributed by atoms with Crippen LogP contribution in [0.3, 0.4) is 0 Å². The van der Waals surface area contributed by atoms with E-state index >= 15 is 0 Å². The van der Waals surface area contributed by atoms with E-state index in [0.717, 1.165) is 0 Å². The first-order valence-corrected chi connectivity index (χ1v) is 6.46. The summed E-state index contributed by atoms with van der Waals surface area (Å²) in [6.07, 6.45) is 1.54. The summed E-state index contributed by atoms with van der Waals surface area (Å²) in [5, 5.41) is 5.54. The Morgan fingerprint density at radius 3 is 2.86 bits per heavy atom. The molecular formula is C15H16FN3O2. The number of aromatic nitrogens is 1. The minimum atomic E-state index is -0.408. The van der Waals surface area contributed by atoms with Crippen molar-refractivity contribution in [3.63, 3.8) is 0 Å². The highest BCUT2D eigenvalue weighted by atomic mass is 19.1. The molecule has 0 fully saturated rings. The van der Waals surface area contributed by atoms with Gasteiger partial charge in [-0.1, -0.05) is 12.1 Å². The molecule has 5 nitrogen and oxygen atoms in total. The number of carbonyl (C=O) groups excluding carboxylic acids is 1. The topological polar surface area (TPSA) is 63.2 Å². The van der Waals surface area contributed by atoms with Crippen molar-refractivity contribution in [3.05, 3.63) is 54.0 Å². The molecule has 1 amide bonds. The largest absolute Gasteiger partial charge is 0.383 e. The summed E-state index contributed by atoms with van der Waals surface area (Å²) >= 11 is 0. The molecule has 1 aromatic carbocycles. The smallest absolute Gasteiger partial charge is 0.255 e. The highest BCUT2D eigenvalue weighted by Crippen LogP contribution is 2.20. The van der Waals surface area contributed by atoms with Crippen LogP contribution in [0, 0.1) is 5.82 Å². The Bertz CT molecular complexity index is 619. The highest BCUT2D eigenvalue weighted by Gasteiger charge is 2.13. The van der Waals surface area contributed by atoms with Crippen LogP contribution in [-0.4, -0.2) is 31.2 Å². The summed E-state index contributed by atoms with van der Waals surface area (Å²) in [5.74, 6) is -0.398. The molecule has 0 aliphatic rings. The summed E-state index contributed by atoms with van der Waals surface area (Å²) < 4.78 is 18.5. The third-order valence-electron chi connectivity index (χ3n) is 2.77. The van der Waals surface area contributed by atoms with Crippen molar-refractivity contribution in [2.24, 2.45) is 0 Å². The number of hydrogen-bond donors (Lipinski definition) is 2. The number of ether oxygens (including phenoxy) is 1. The van der Waals surface area contributed by atoms with Crippen molar-refractivity contribution in [2.75, 3.05) is 25.6 Å². The van der Waals surface area contributed by atoms with Gasteiger partial charge in [0.25, 0.3) is 5.91 Å². The summed E-state index contributed by atoms with van der Waals surface area (Å²) in [6.45, 7) is 0.811. The van der Waals surface area contributed by atoms with Crippen molar-refractivity contribution in [2.45, 2.75) is 0 Å². The first kappa shape index (κ1) is 14.9. The molecular weight excluding hydrogens is 273 g/mol. The van der Waals surface area contributed by atoms with Gasteiger partial charge in [-0.15, -0.1) is 0 Å². The average Bonchev–Trinajstić information content (AvgIpc) is 2.50. The Kier molecular flexibility index (Phi) is 5.22. The molecule has 6 heteroatoms. The second kappa shape index (κ2) is 7.35. The highest BCUT2D eigenvalue weighted by molar-refractivity contribution is 5.99. The number of anilines is 2. The summed E-state index contributed by atoms with van der Waals surface area (Å²) in [7, 11) is 1.56. The maximum atomic E-state index is 13.6. The molecule has 0 aliphatic heterocycles. The third-order valence-corrected chi connectivity index (χ3v) is 2.77. The van der Waals surface area contributed by atoms with Crippen molar-refractivity contribution in [1.29, 1.82) is 0 Å². The molecule has 2 rings (SSSR count). The van der Waals surface area contributed by atoms with Crippen LogP contribution < -0.4 is 10.6 Å². The van der Waals surface area contributed by atoms with Gasteiger partial charge in [-0.2, -0.15) is 0 Å². The molecule has 1 aromatic heterocycles. The normalized spacial score (nSPS) is 10.2. The monoisotopic (exact) mass is 289 g/mol. The fourth-order valence-corrected chi connectivity index (χ4v) is 1.74. The predicted octanol–water partition coefficient (Wildman–Crippen LogP) is 2.34. The number of nitrogens with zero attached hydrogens (tertiary/aromatic N) is 1. The predicted molar refractivity (Wildman–Crippen MR) is 78.1 cm³/mol. The lowest BCUT2D eigenvalue weighted by Crippen LogP contribution is -2.27. The number of carbonyl (C=O) groups is 1. The van der Waals surface area contributed by atoms with Gasteiger partial charge in [-0.05, 0) is 24.3 Å². The Labute approximate surface area is 122 Å². The lowest BCUT2D eigenvalue weighted by Gasteiger charge is -2.11. The fraction of sp³-hybridized carbons (Fsp3) is 0.200. The molecule has 1 heterocycles. The fourth-order valence-electron chi connectivity index (χ4n) is 1.74. The second-order valence-corrected chi connectivity index (χ2v) is 4.25. The Morgan fingerprint density at radius 1 is 1.29 bits per heavy atom. The number of methoxy groups -OCH3 is 1. The molecule has 0 aliphatic carbocycles. The molecule has 0 saturated heterocycles. The minimum absolute atomic E-state index is 0.266. The van der Waals surface area contributed by atoms with Crippen LogP contribution in [-0.2, 0) is 4.74 Å². The lowest BCUT2D eigenvalue weighted by molar-refractivity contribution is 0.0937. The number of halogens is 1. The molecule has 21 heavy (non-hydrogen) atoms. The first-order chi connectivity index (χ1) is 10.2. The number of pyridine rings is 1. The van der Waals surface area contributed by atoms with E-state index < -0.39 is 5.82 Å². The summed E-state index contributed by atoms with van der Waals surface area (Å²) in [6, 6.07) is 9.49. The molecule has 0 unspecified atom stereocenters. The molecule has 2 N–H and O–H groups in total. The van der Waals surface area contributed by atoms with E-state index in [4.69, 9.17) is 4.74 Å². The Balaban J connectivity index is 2.17. The quantitative estimate of drug-likeness (QED) is 0.801. The van der Waals surface area contributed by atoms with Crippen molar-refractivity contribution in [3.8, 4) is 0 Å². The van der Waals surface area contributed by atoms with Crippen molar-refractivity contribution < 1.29 is 13.9 Å². The summed E-state index contributed by atoms with van der Waals surface area (Å²) in [5.41, 5.74) is 0.610. The average molecular weight is 289 g/mol. The zero-order valence-electron chi connectivity index (χ0n) is 11.6. The van der Waals surface area contributed by atoms with E-state index in [2.05, 4.69) is 15.6 Å². The van der Waals surface area contributed by atoms with E-state index in [0.29, 0.717) is 24.5 Å². The lowest BCUT2D eigenvalue weighted by atomic mass is 10.2. The maximum Gasteiger partial charge on any atom is 0.255 e. The molecule has 2 aromatic rings. The molecule has 0 saturated carbocycles. The zero-order chi connectivity index (χ0) is 15.1. The SMILES string of the molecule is COCCNC(=O)c1cccnc1Nc1ccccc1F. The van der Waals surface area contributed by atoms with Crippen LogP contribution in [0.4, 0.5) is 15.9 Å². The van der Waals surface area contributed by atoms with Gasteiger partial charge in [-0.3, -0.25) is 4.79 Å². The van der Waals surface area contributed by atoms with Crippen LogP contribution in [0.25, 0.3) is 0 Å². The van der Waals surface area contributed by atoms with Gasteiger partial charge >= 0.3 is 0 Å². The minimum Gasteiger partial charge on any atom is -0.383 e. The van der Waals surface area contributed by atoms with Gasteiger partial charge < -0.3 is 15.4 Å². The number of rotatable bonds is 6. The Morgan fingerprint density at radius 2 is 2.10 bits per heavy atom. The second-order valence-electron chi connectivity index (χ2n) is 4.25. The van der Waals surface area contributed by atoms with Gasteiger partial charge in [-0.25, -0.2) is 9.37 Å². The van der Waals surface area contributed by atoms with Crippen LogP contribution >= 0.6 is 0 Å². The van der Waals surface area contributed by atoms with Crippen LogP contribution in [0.1, 0.15) is 10.4 Å². The van der Waals surface area contributed by atoms with E-state index in [1.807, 2.05) is 0 Å². The van der Waals surface area contributed by atoms with Crippen LogP contribution in [0.5, 0.6) is 0 Å². The standard InChI is InChI=1S/C15H16FN3O2/c1-21-10-9-18-15(20)11-5-4-8-17-14(11)19-13-7-3-2-6-12(13)16/h2-8H,9-10H2,1H3,(H,17,19)(H,18,20). The third kappa shape index (κ3) is 4.00. The maximum absolute atomic E-state index is 13.6. The Hall–Kier alpha value is -2.47. The van der Waals surface area contributed by atoms with Gasteiger partial charge in [0.15, 0.2) is 0 Å².